The van der Waals surface area contributed by atoms with E-state index in [1.165, 1.54) is 24.7 Å². The lowest BCUT2D eigenvalue weighted by molar-refractivity contribution is 0.209. The molecule has 27 heavy (non-hydrogen) atoms. The zero-order valence-electron chi connectivity index (χ0n) is 15.8. The number of aromatic nitrogens is 1. The number of pyridine rings is 1. The zero-order valence-corrected chi connectivity index (χ0v) is 16.6. The van der Waals surface area contributed by atoms with Crippen LogP contribution in [0.15, 0.2) is 43.3 Å². The molecule has 0 atom stereocenters. The second kappa shape index (κ2) is 8.45. The minimum Gasteiger partial charge on any atom is -0.372 e. The molecule has 0 unspecified atom stereocenters. The van der Waals surface area contributed by atoms with Gasteiger partial charge < -0.3 is 9.80 Å². The van der Waals surface area contributed by atoms with Gasteiger partial charge in [-0.3, -0.25) is 4.98 Å². The first-order chi connectivity index (χ1) is 13.0. The predicted octanol–water partition coefficient (Wildman–Crippen LogP) is 5.05. The predicted molar refractivity (Wildman–Crippen MR) is 112 cm³/mol. The van der Waals surface area contributed by atoms with Crippen LogP contribution in [0.3, 0.4) is 0 Å². The van der Waals surface area contributed by atoms with Crippen molar-refractivity contribution in [2.45, 2.75) is 26.2 Å². The lowest BCUT2D eigenvalue weighted by Gasteiger charge is -2.39. The maximum Gasteiger partial charge on any atom is 0.102 e. The number of fused-ring (bicyclic) bond motifs is 1. The molecule has 1 aromatic carbocycles. The summed E-state index contributed by atoms with van der Waals surface area (Å²) < 4.78 is 0. The molecule has 140 valence electrons. The van der Waals surface area contributed by atoms with Crippen LogP contribution in [0.1, 0.15) is 37.3 Å². The van der Waals surface area contributed by atoms with E-state index in [0.29, 0.717) is 10.6 Å². The van der Waals surface area contributed by atoms with Gasteiger partial charge in [-0.1, -0.05) is 50.2 Å². The molecular formula is C22H25ClN4. The van der Waals surface area contributed by atoms with Crippen molar-refractivity contribution in [3.63, 3.8) is 0 Å². The van der Waals surface area contributed by atoms with Gasteiger partial charge >= 0.3 is 0 Å². The molecule has 1 fully saturated rings. The van der Waals surface area contributed by atoms with E-state index >= 15 is 0 Å². The minimum atomic E-state index is 0.398. The van der Waals surface area contributed by atoms with Gasteiger partial charge in [-0.25, -0.2) is 0 Å². The first-order valence-corrected chi connectivity index (χ1v) is 9.78. The summed E-state index contributed by atoms with van der Waals surface area (Å²) in [6, 6.07) is 8.00. The third-order valence-electron chi connectivity index (χ3n) is 5.18. The Bertz CT molecular complexity index is 904. The SMILES string of the molecule is C=C(CCCC)N1CCN(C(=C)c2ccc3c(Cl)c(C#N)cnc3c2)CC1. The van der Waals surface area contributed by atoms with Gasteiger partial charge in [-0.15, -0.1) is 0 Å². The Kier molecular flexibility index (Phi) is 6.03. The van der Waals surface area contributed by atoms with E-state index in [9.17, 15) is 0 Å². The van der Waals surface area contributed by atoms with Crippen molar-refractivity contribution >= 4 is 28.2 Å². The number of piperazine rings is 1. The van der Waals surface area contributed by atoms with Gasteiger partial charge in [0.05, 0.1) is 16.1 Å². The van der Waals surface area contributed by atoms with E-state index < -0.39 is 0 Å². The van der Waals surface area contributed by atoms with Crippen molar-refractivity contribution in [2.24, 2.45) is 0 Å². The summed E-state index contributed by atoms with van der Waals surface area (Å²) in [6.07, 6.45) is 5.01. The lowest BCUT2D eigenvalue weighted by Crippen LogP contribution is -2.44. The number of benzene rings is 1. The number of hydrogen-bond acceptors (Lipinski definition) is 4. The molecule has 0 bridgehead atoms. The van der Waals surface area contributed by atoms with E-state index in [4.69, 9.17) is 16.9 Å². The molecule has 0 radical (unpaired) electrons. The fraction of sp³-hybridized carbons (Fsp3) is 0.364. The lowest BCUT2D eigenvalue weighted by atomic mass is 10.1. The molecule has 4 nitrogen and oxygen atoms in total. The molecule has 1 aliphatic rings. The molecule has 2 aromatic rings. The summed E-state index contributed by atoms with van der Waals surface area (Å²) in [6.45, 7) is 14.6. The summed E-state index contributed by atoms with van der Waals surface area (Å²) in [5, 5.41) is 10.3. The average molecular weight is 381 g/mol. The minimum absolute atomic E-state index is 0.398. The standard InChI is InChI=1S/C22H25ClN4/c1-4-5-6-16(2)26-9-11-27(12-10-26)17(3)18-7-8-20-21(13-18)25-15-19(14-24)22(20)23/h7-8,13,15H,2-6,9-12H2,1H3. The smallest absolute Gasteiger partial charge is 0.102 e. The Morgan fingerprint density at radius 3 is 2.59 bits per heavy atom. The fourth-order valence-electron chi connectivity index (χ4n) is 3.43. The molecule has 0 N–H and O–H groups in total. The number of halogens is 1. The highest BCUT2D eigenvalue weighted by Crippen LogP contribution is 2.29. The van der Waals surface area contributed by atoms with Crippen molar-refractivity contribution < 1.29 is 0 Å². The van der Waals surface area contributed by atoms with Crippen LogP contribution in [0.5, 0.6) is 0 Å². The number of allylic oxidation sites excluding steroid dienone is 1. The maximum absolute atomic E-state index is 9.09. The molecule has 2 heterocycles. The second-order valence-corrected chi connectivity index (χ2v) is 7.30. The van der Waals surface area contributed by atoms with E-state index in [1.54, 1.807) is 0 Å². The van der Waals surface area contributed by atoms with Crippen LogP contribution < -0.4 is 0 Å². The molecule has 0 aliphatic carbocycles. The van der Waals surface area contributed by atoms with Crippen LogP contribution in [0, 0.1) is 11.3 Å². The summed E-state index contributed by atoms with van der Waals surface area (Å²) in [4.78, 5) is 9.09. The Morgan fingerprint density at radius 1 is 1.22 bits per heavy atom. The summed E-state index contributed by atoms with van der Waals surface area (Å²) in [5.74, 6) is 0. The largest absolute Gasteiger partial charge is 0.372 e. The van der Waals surface area contributed by atoms with E-state index in [0.717, 1.165) is 54.8 Å². The number of rotatable bonds is 6. The van der Waals surface area contributed by atoms with Crippen molar-refractivity contribution in [1.29, 1.82) is 5.26 Å². The second-order valence-electron chi connectivity index (χ2n) is 6.92. The van der Waals surface area contributed by atoms with E-state index in [2.05, 4.69) is 40.9 Å². The first-order valence-electron chi connectivity index (χ1n) is 9.40. The molecule has 1 saturated heterocycles. The molecule has 0 amide bonds. The van der Waals surface area contributed by atoms with Gasteiger partial charge in [0.25, 0.3) is 0 Å². The maximum atomic E-state index is 9.09. The third-order valence-corrected chi connectivity index (χ3v) is 5.59. The number of unbranched alkanes of at least 4 members (excludes halogenated alkanes) is 1. The van der Waals surface area contributed by atoms with Crippen LogP contribution in [-0.4, -0.2) is 41.0 Å². The van der Waals surface area contributed by atoms with Crippen LogP contribution in [0.2, 0.25) is 5.02 Å². The molecule has 0 spiro atoms. The Balaban J connectivity index is 1.70. The van der Waals surface area contributed by atoms with Gasteiger partial charge in [0.15, 0.2) is 0 Å². The fourth-order valence-corrected chi connectivity index (χ4v) is 3.68. The Morgan fingerprint density at radius 2 is 1.93 bits per heavy atom. The van der Waals surface area contributed by atoms with Crippen molar-refractivity contribution in [3.05, 3.63) is 59.4 Å². The molecule has 3 rings (SSSR count). The molecule has 1 aromatic heterocycles. The van der Waals surface area contributed by atoms with E-state index in [-0.39, 0.29) is 0 Å². The zero-order chi connectivity index (χ0) is 19.4. The van der Waals surface area contributed by atoms with Gasteiger partial charge in [0, 0.05) is 49.2 Å². The highest BCUT2D eigenvalue weighted by Gasteiger charge is 2.20. The topological polar surface area (TPSA) is 43.2 Å². The molecular weight excluding hydrogens is 356 g/mol. The highest BCUT2D eigenvalue weighted by atomic mass is 35.5. The van der Waals surface area contributed by atoms with Crippen LogP contribution in [0.4, 0.5) is 0 Å². The molecule has 0 saturated carbocycles. The molecule has 1 aliphatic heterocycles. The quantitative estimate of drug-likeness (QED) is 0.703. The van der Waals surface area contributed by atoms with Gasteiger partial charge in [0.1, 0.15) is 6.07 Å². The number of nitriles is 1. The third kappa shape index (κ3) is 4.09. The summed E-state index contributed by atoms with van der Waals surface area (Å²) in [5.41, 5.74) is 4.46. The van der Waals surface area contributed by atoms with Crippen LogP contribution >= 0.6 is 11.6 Å². The first kappa shape index (κ1) is 19.3. The normalized spacial score (nSPS) is 14.3. The van der Waals surface area contributed by atoms with Gasteiger partial charge in [0.2, 0.25) is 0 Å². The van der Waals surface area contributed by atoms with Crippen molar-refractivity contribution in [1.82, 2.24) is 14.8 Å². The van der Waals surface area contributed by atoms with Crippen molar-refractivity contribution in [3.8, 4) is 6.07 Å². The molecule has 5 heteroatoms. The average Bonchev–Trinajstić information content (AvgIpc) is 2.71. The van der Waals surface area contributed by atoms with Crippen LogP contribution in [-0.2, 0) is 0 Å². The highest BCUT2D eigenvalue weighted by molar-refractivity contribution is 6.36. The summed E-state index contributed by atoms with van der Waals surface area (Å²) >= 11 is 6.30. The van der Waals surface area contributed by atoms with Crippen LogP contribution in [0.25, 0.3) is 16.6 Å². The summed E-state index contributed by atoms with van der Waals surface area (Å²) in [7, 11) is 0. The van der Waals surface area contributed by atoms with Crippen molar-refractivity contribution in [2.75, 3.05) is 26.2 Å². The Labute approximate surface area is 166 Å². The van der Waals surface area contributed by atoms with Gasteiger partial charge in [-0.2, -0.15) is 5.26 Å². The van der Waals surface area contributed by atoms with Gasteiger partial charge in [-0.05, 0) is 24.5 Å². The number of nitrogens with zero attached hydrogens (tertiary/aromatic N) is 4. The number of hydrogen-bond donors (Lipinski definition) is 0. The Hall–Kier alpha value is -2.51. The van der Waals surface area contributed by atoms with E-state index in [1.807, 2.05) is 18.2 Å². The monoisotopic (exact) mass is 380 g/mol.